The van der Waals surface area contributed by atoms with Gasteiger partial charge in [-0.05, 0) is 49.4 Å². The number of ether oxygens (including phenoxy) is 1. The van der Waals surface area contributed by atoms with Crippen LogP contribution in [0.1, 0.15) is 62.7 Å². The van der Waals surface area contributed by atoms with Gasteiger partial charge in [-0.1, -0.05) is 19.0 Å². The van der Waals surface area contributed by atoms with Crippen LogP contribution in [0.4, 0.5) is 19.2 Å². The fourth-order valence-electron chi connectivity index (χ4n) is 5.90. The monoisotopic (exact) mass is 626 g/mol. The second-order valence-electron chi connectivity index (χ2n) is 11.3. The van der Waals surface area contributed by atoms with Gasteiger partial charge in [-0.3, -0.25) is 0 Å². The topological polar surface area (TPSA) is 95.2 Å². The van der Waals surface area contributed by atoms with Crippen molar-refractivity contribution in [1.29, 1.82) is 0 Å². The number of imidazole rings is 1. The predicted octanol–water partition coefficient (Wildman–Crippen LogP) is 6.15. The first kappa shape index (κ1) is 31.9. The molecule has 0 saturated carbocycles. The van der Waals surface area contributed by atoms with E-state index >= 15 is 0 Å². The number of nitrogens with zero attached hydrogens (tertiary/aromatic N) is 5. The maximum Gasteiger partial charge on any atom is 0.324 e. The van der Waals surface area contributed by atoms with E-state index in [2.05, 4.69) is 22.0 Å². The zero-order chi connectivity index (χ0) is 28.1. The van der Waals surface area contributed by atoms with Crippen LogP contribution in [0.3, 0.4) is 0 Å². The summed E-state index contributed by atoms with van der Waals surface area (Å²) in [4.78, 5) is 11.4. The molecule has 4 aromatic rings. The van der Waals surface area contributed by atoms with Gasteiger partial charge in [-0.2, -0.15) is 4.98 Å². The average molecular weight is 628 g/mol. The van der Waals surface area contributed by atoms with Crippen LogP contribution in [-0.4, -0.2) is 44.9 Å². The number of rotatable bonds is 6. The molecule has 0 bridgehead atoms. The summed E-state index contributed by atoms with van der Waals surface area (Å²) in [5, 5.41) is 4.07. The molecule has 228 valence electrons. The van der Waals surface area contributed by atoms with E-state index in [1.165, 1.54) is 0 Å². The highest BCUT2D eigenvalue weighted by molar-refractivity contribution is 5.85. The van der Waals surface area contributed by atoms with E-state index in [-0.39, 0.29) is 42.4 Å². The molecule has 2 N–H and O–H groups in total. The molecule has 13 heteroatoms. The van der Waals surface area contributed by atoms with E-state index < -0.39 is 29.4 Å². The predicted molar refractivity (Wildman–Crippen MR) is 158 cm³/mol. The van der Waals surface area contributed by atoms with Crippen LogP contribution in [0.15, 0.2) is 34.9 Å². The van der Waals surface area contributed by atoms with E-state index in [4.69, 9.17) is 20.0 Å². The third kappa shape index (κ3) is 6.05. The van der Waals surface area contributed by atoms with Crippen LogP contribution in [0.2, 0.25) is 0 Å². The van der Waals surface area contributed by atoms with Crippen LogP contribution in [0, 0.1) is 23.4 Å². The molecule has 1 saturated heterocycles. The van der Waals surface area contributed by atoms with Crippen molar-refractivity contribution in [2.75, 3.05) is 18.0 Å². The second kappa shape index (κ2) is 12.7. The molecule has 6 rings (SSSR count). The lowest BCUT2D eigenvalue weighted by Gasteiger charge is -2.33. The Bertz CT molecular complexity index is 1540. The molecule has 0 spiro atoms. The molecule has 3 atom stereocenters. The minimum Gasteiger partial charge on any atom is -0.490 e. The van der Waals surface area contributed by atoms with Gasteiger partial charge in [0, 0.05) is 56.1 Å². The highest BCUT2D eigenvalue weighted by Crippen LogP contribution is 2.35. The van der Waals surface area contributed by atoms with Crippen LogP contribution in [0.5, 0.6) is 5.75 Å². The van der Waals surface area contributed by atoms with E-state index in [9.17, 15) is 13.2 Å². The molecular formula is C29H35Cl2F3N6O2. The minimum absolute atomic E-state index is 0. The lowest BCUT2D eigenvalue weighted by Crippen LogP contribution is -2.39. The van der Waals surface area contributed by atoms with Crippen molar-refractivity contribution in [2.45, 2.75) is 70.6 Å². The van der Waals surface area contributed by atoms with Crippen LogP contribution in [0.25, 0.3) is 11.0 Å². The Labute approximate surface area is 254 Å². The van der Waals surface area contributed by atoms with E-state index in [0.717, 1.165) is 60.4 Å². The molecule has 8 nitrogen and oxygen atoms in total. The van der Waals surface area contributed by atoms with Crippen molar-refractivity contribution in [1.82, 2.24) is 19.7 Å². The molecule has 0 unspecified atom stereocenters. The average Bonchev–Trinajstić information content (AvgIpc) is 3.56. The standard InChI is InChI=1S/C29H33F3N6O2.2ClH/c1-15(2)28-35-29(40-36-28)37-8-6-17(7-9-37)16(3)39-18-4-5-26-25(10-18)34-27-12-20(24(33)14-38(26)27)19-11-22(31)23(32)13-21(19)30;;/h4-5,10-11,13,15-17,20,24H,6-9,12,14,33H2,1-3H3;2*1H/t16-,20+,24-;;/m0../s1. The molecule has 2 aromatic carbocycles. The number of fused-ring (bicyclic) bond motifs is 3. The molecule has 2 aliphatic rings. The molecular weight excluding hydrogens is 592 g/mol. The van der Waals surface area contributed by atoms with Crippen LogP contribution in [-0.2, 0) is 13.0 Å². The molecule has 4 heterocycles. The number of benzene rings is 2. The third-order valence-electron chi connectivity index (χ3n) is 8.29. The highest BCUT2D eigenvalue weighted by atomic mass is 35.5. The lowest BCUT2D eigenvalue weighted by atomic mass is 9.86. The smallest absolute Gasteiger partial charge is 0.324 e. The summed E-state index contributed by atoms with van der Waals surface area (Å²) in [6.45, 7) is 8.21. The number of piperidine rings is 1. The van der Waals surface area contributed by atoms with Crippen LogP contribution >= 0.6 is 24.8 Å². The van der Waals surface area contributed by atoms with Gasteiger partial charge in [0.15, 0.2) is 17.5 Å². The Balaban J connectivity index is 0.00000202. The number of aromatic nitrogens is 4. The van der Waals surface area contributed by atoms with Gasteiger partial charge >= 0.3 is 6.01 Å². The maximum atomic E-state index is 14.5. The molecule has 0 radical (unpaired) electrons. The van der Waals surface area contributed by atoms with Gasteiger partial charge in [0.25, 0.3) is 0 Å². The van der Waals surface area contributed by atoms with E-state index in [1.54, 1.807) is 0 Å². The number of anilines is 1. The van der Waals surface area contributed by atoms with Crippen molar-refractivity contribution in [3.05, 3.63) is 65.0 Å². The zero-order valence-corrected chi connectivity index (χ0v) is 25.2. The number of halogens is 5. The first-order valence-corrected chi connectivity index (χ1v) is 13.8. The molecule has 42 heavy (non-hydrogen) atoms. The summed E-state index contributed by atoms with van der Waals surface area (Å²) in [5.74, 6) is -0.826. The van der Waals surface area contributed by atoms with Gasteiger partial charge in [0.05, 0.1) is 17.1 Å². The summed E-state index contributed by atoms with van der Waals surface area (Å²) >= 11 is 0. The highest BCUT2D eigenvalue weighted by Gasteiger charge is 2.33. The Morgan fingerprint density at radius 1 is 0.976 bits per heavy atom. The summed E-state index contributed by atoms with van der Waals surface area (Å²) in [6, 6.07) is 7.41. The van der Waals surface area contributed by atoms with Crippen molar-refractivity contribution in [2.24, 2.45) is 11.7 Å². The third-order valence-corrected chi connectivity index (χ3v) is 8.29. The quantitative estimate of drug-likeness (QED) is 0.256. The minimum atomic E-state index is -1.21. The zero-order valence-electron chi connectivity index (χ0n) is 23.6. The van der Waals surface area contributed by atoms with E-state index in [1.807, 2.05) is 36.6 Å². The molecule has 0 amide bonds. The molecule has 1 fully saturated rings. The SMILES string of the molecule is CC(C)c1noc(N2CCC([C@H](C)Oc3ccc4c(c3)nc3n4C[C@H](N)[C@@H](c4cc(F)c(F)cc4F)C3)CC2)n1.Cl.Cl. The normalized spacial score (nSPS) is 19.8. The summed E-state index contributed by atoms with van der Waals surface area (Å²) < 4.78 is 55.7. The summed E-state index contributed by atoms with van der Waals surface area (Å²) in [7, 11) is 0. The van der Waals surface area contributed by atoms with Gasteiger partial charge in [-0.25, -0.2) is 18.2 Å². The maximum absolute atomic E-state index is 14.5. The van der Waals surface area contributed by atoms with Crippen molar-refractivity contribution < 1.29 is 22.4 Å². The number of nitrogens with two attached hydrogens (primary N) is 1. The van der Waals surface area contributed by atoms with Gasteiger partial charge in [-0.15, -0.1) is 24.8 Å². The van der Waals surface area contributed by atoms with Crippen LogP contribution < -0.4 is 15.4 Å². The van der Waals surface area contributed by atoms with Crippen molar-refractivity contribution in [3.63, 3.8) is 0 Å². The Morgan fingerprint density at radius 3 is 2.38 bits per heavy atom. The van der Waals surface area contributed by atoms with Gasteiger partial charge in [0.2, 0.25) is 0 Å². The second-order valence-corrected chi connectivity index (χ2v) is 11.3. The van der Waals surface area contributed by atoms with Gasteiger partial charge in [0.1, 0.15) is 17.4 Å². The fraction of sp³-hybridized carbons (Fsp3) is 0.483. The Kier molecular flexibility index (Phi) is 9.64. The molecule has 0 aliphatic carbocycles. The van der Waals surface area contributed by atoms with Crippen molar-refractivity contribution >= 4 is 41.9 Å². The molecule has 2 aromatic heterocycles. The largest absolute Gasteiger partial charge is 0.490 e. The number of hydrogen-bond donors (Lipinski definition) is 1. The lowest BCUT2D eigenvalue weighted by molar-refractivity contribution is 0.132. The first-order chi connectivity index (χ1) is 19.2. The first-order valence-electron chi connectivity index (χ1n) is 13.8. The molecule has 2 aliphatic heterocycles. The number of hydrogen-bond acceptors (Lipinski definition) is 7. The Hall–Kier alpha value is -3.02. The Morgan fingerprint density at radius 2 is 1.69 bits per heavy atom. The summed E-state index contributed by atoms with van der Waals surface area (Å²) in [6.07, 6.45) is 2.21. The van der Waals surface area contributed by atoms with Gasteiger partial charge < -0.3 is 24.5 Å². The van der Waals surface area contributed by atoms with Crippen molar-refractivity contribution in [3.8, 4) is 5.75 Å². The fourth-order valence-corrected chi connectivity index (χ4v) is 5.90. The van der Waals surface area contributed by atoms with E-state index in [0.29, 0.717) is 31.0 Å². The summed E-state index contributed by atoms with van der Waals surface area (Å²) in [5.41, 5.74) is 8.14.